The first-order valence-electron chi connectivity index (χ1n) is 11.5. The molecule has 0 radical (unpaired) electrons. The molecule has 2 fully saturated rings. The van der Waals surface area contributed by atoms with E-state index < -0.39 is 15.8 Å². The third kappa shape index (κ3) is 4.09. The standard InChI is InChI=1S/C23H29FN4O3S/c1-26-9-7-19(8-10-26)27-13-16-11-17(15-27)22-6-5-21(23(29)28(22)14-16)25-32(30,31)20-4-2-3-18(24)12-20/h2-6,12,16-17,19,25H,7-11,13-15H2,1H3/p+2/t16-,17+/m0/s1. The van der Waals surface area contributed by atoms with E-state index in [9.17, 15) is 17.6 Å². The van der Waals surface area contributed by atoms with Crippen LogP contribution in [-0.2, 0) is 16.6 Å². The van der Waals surface area contributed by atoms with Crippen LogP contribution in [0.5, 0.6) is 0 Å². The molecule has 2 bridgehead atoms. The van der Waals surface area contributed by atoms with E-state index in [0.717, 1.165) is 31.3 Å². The van der Waals surface area contributed by atoms with Crippen molar-refractivity contribution in [1.29, 1.82) is 0 Å². The Balaban J connectivity index is 1.38. The van der Waals surface area contributed by atoms with Crippen LogP contribution in [0.15, 0.2) is 46.1 Å². The van der Waals surface area contributed by atoms with E-state index in [1.54, 1.807) is 20.4 Å². The summed E-state index contributed by atoms with van der Waals surface area (Å²) in [7, 11) is -1.78. The van der Waals surface area contributed by atoms with Crippen LogP contribution in [-0.4, -0.2) is 52.3 Å². The summed E-state index contributed by atoms with van der Waals surface area (Å²) in [6.07, 6.45) is 3.61. The Bertz CT molecular complexity index is 1170. The van der Waals surface area contributed by atoms with Crippen LogP contribution in [0.25, 0.3) is 0 Å². The maximum absolute atomic E-state index is 13.5. The number of hydrogen-bond donors (Lipinski definition) is 3. The third-order valence-electron chi connectivity index (χ3n) is 7.51. The first-order valence-corrected chi connectivity index (χ1v) is 13.0. The lowest BCUT2D eigenvalue weighted by Gasteiger charge is -2.44. The quantitative estimate of drug-likeness (QED) is 0.572. The van der Waals surface area contributed by atoms with Crippen LogP contribution in [0.3, 0.4) is 0 Å². The second-order valence-corrected chi connectivity index (χ2v) is 11.4. The minimum absolute atomic E-state index is 0.0143. The van der Waals surface area contributed by atoms with Gasteiger partial charge in [-0.25, -0.2) is 12.8 Å². The summed E-state index contributed by atoms with van der Waals surface area (Å²) in [4.78, 5) is 16.3. The Kier molecular flexibility index (Phi) is 5.59. The Morgan fingerprint density at radius 3 is 2.66 bits per heavy atom. The third-order valence-corrected chi connectivity index (χ3v) is 8.87. The normalized spacial score (nSPS) is 29.9. The highest BCUT2D eigenvalue weighted by Gasteiger charge is 2.41. The average Bonchev–Trinajstić information content (AvgIpc) is 2.76. The molecule has 3 atom stereocenters. The van der Waals surface area contributed by atoms with Gasteiger partial charge in [0.1, 0.15) is 11.5 Å². The fourth-order valence-electron chi connectivity index (χ4n) is 5.87. The van der Waals surface area contributed by atoms with Gasteiger partial charge in [-0.05, 0) is 36.8 Å². The first-order chi connectivity index (χ1) is 15.3. The summed E-state index contributed by atoms with van der Waals surface area (Å²) >= 11 is 0. The number of halogens is 1. The van der Waals surface area contributed by atoms with Crippen LogP contribution in [0.1, 0.15) is 30.9 Å². The fraction of sp³-hybridized carbons (Fsp3) is 0.522. The molecule has 4 heterocycles. The van der Waals surface area contributed by atoms with E-state index >= 15 is 0 Å². The van der Waals surface area contributed by atoms with E-state index in [1.165, 1.54) is 44.1 Å². The number of pyridine rings is 1. The van der Waals surface area contributed by atoms with Crippen LogP contribution < -0.4 is 20.1 Å². The molecular weight excluding hydrogens is 431 g/mol. The van der Waals surface area contributed by atoms with Crippen molar-refractivity contribution in [1.82, 2.24) is 4.57 Å². The molecule has 0 spiro atoms. The van der Waals surface area contributed by atoms with E-state index in [-0.39, 0.29) is 16.1 Å². The van der Waals surface area contributed by atoms with Crippen LogP contribution >= 0.6 is 0 Å². The number of anilines is 1. The molecule has 3 aliphatic rings. The highest BCUT2D eigenvalue weighted by Crippen LogP contribution is 2.31. The largest absolute Gasteiger partial charge is 0.337 e. The predicted octanol–water partition coefficient (Wildman–Crippen LogP) is -0.533. The number of quaternary nitrogens is 2. The van der Waals surface area contributed by atoms with Crippen molar-refractivity contribution in [3.63, 3.8) is 0 Å². The van der Waals surface area contributed by atoms with Crippen molar-refractivity contribution in [2.75, 3.05) is 37.9 Å². The number of sulfonamides is 1. The highest BCUT2D eigenvalue weighted by molar-refractivity contribution is 7.92. The molecule has 1 aromatic heterocycles. The molecule has 3 N–H and O–H groups in total. The number of rotatable bonds is 4. The number of aromatic nitrogens is 1. The number of piperidine rings is 2. The molecule has 0 saturated carbocycles. The van der Waals surface area contributed by atoms with Gasteiger partial charge < -0.3 is 14.4 Å². The second-order valence-electron chi connectivity index (χ2n) is 9.75. The average molecular weight is 463 g/mol. The van der Waals surface area contributed by atoms with E-state index in [4.69, 9.17) is 0 Å². The summed E-state index contributed by atoms with van der Waals surface area (Å²) in [5.74, 6) is 0.114. The topological polar surface area (TPSA) is 77.1 Å². The maximum Gasteiger partial charge on any atom is 0.275 e. The summed E-state index contributed by atoms with van der Waals surface area (Å²) < 4.78 is 43.0. The summed E-state index contributed by atoms with van der Waals surface area (Å²) in [6, 6.07) is 8.96. The Morgan fingerprint density at radius 2 is 1.91 bits per heavy atom. The van der Waals surface area contributed by atoms with Crippen LogP contribution in [0.2, 0.25) is 0 Å². The zero-order chi connectivity index (χ0) is 22.5. The molecule has 172 valence electrons. The monoisotopic (exact) mass is 462 g/mol. The second kappa shape index (κ2) is 8.28. The first kappa shape index (κ1) is 21.6. The van der Waals surface area contributed by atoms with Crippen molar-refractivity contribution < 1.29 is 22.6 Å². The molecule has 32 heavy (non-hydrogen) atoms. The van der Waals surface area contributed by atoms with Gasteiger partial charge >= 0.3 is 0 Å². The van der Waals surface area contributed by atoms with Gasteiger partial charge in [0.15, 0.2) is 0 Å². The predicted molar refractivity (Wildman–Crippen MR) is 119 cm³/mol. The number of fused-ring (bicyclic) bond motifs is 4. The zero-order valence-corrected chi connectivity index (χ0v) is 19.1. The number of nitrogens with zero attached hydrogens (tertiary/aromatic N) is 1. The van der Waals surface area contributed by atoms with Gasteiger partial charge in [-0.2, -0.15) is 0 Å². The SMILES string of the molecule is C[NH+]1CCC([NH+]2C[C@@H]3C[C@H](C2)c2ccc(NS(=O)(=O)c4cccc(F)c4)c(=O)n2C3)CC1. The minimum atomic E-state index is -4.04. The lowest BCUT2D eigenvalue weighted by Crippen LogP contribution is -3.21. The van der Waals surface area contributed by atoms with Gasteiger partial charge in [-0.3, -0.25) is 9.52 Å². The minimum Gasteiger partial charge on any atom is -0.337 e. The van der Waals surface area contributed by atoms with Crippen molar-refractivity contribution in [2.24, 2.45) is 5.92 Å². The molecule has 0 amide bonds. The summed E-state index contributed by atoms with van der Waals surface area (Å²) in [5, 5.41) is 0. The number of likely N-dealkylation sites (tertiary alicyclic amines) is 2. The molecule has 7 nitrogen and oxygen atoms in total. The van der Waals surface area contributed by atoms with Gasteiger partial charge in [-0.1, -0.05) is 6.07 Å². The van der Waals surface area contributed by atoms with Gasteiger partial charge in [0.05, 0.1) is 44.2 Å². The molecule has 2 saturated heterocycles. The van der Waals surface area contributed by atoms with Gasteiger partial charge in [0.25, 0.3) is 15.6 Å². The van der Waals surface area contributed by atoms with Crippen molar-refractivity contribution in [2.45, 2.75) is 42.7 Å². The molecular formula is C23H31FN4O3S+2. The van der Waals surface area contributed by atoms with E-state index in [0.29, 0.717) is 24.4 Å². The van der Waals surface area contributed by atoms with Crippen LogP contribution in [0, 0.1) is 11.7 Å². The maximum atomic E-state index is 13.5. The number of hydrogen-bond acceptors (Lipinski definition) is 3. The Morgan fingerprint density at radius 1 is 1.12 bits per heavy atom. The number of benzene rings is 1. The lowest BCUT2D eigenvalue weighted by molar-refractivity contribution is -0.959. The Labute approximate surface area is 187 Å². The molecule has 9 heteroatoms. The highest BCUT2D eigenvalue weighted by atomic mass is 32.2. The molecule has 3 aliphatic heterocycles. The van der Waals surface area contributed by atoms with E-state index in [2.05, 4.69) is 11.8 Å². The zero-order valence-electron chi connectivity index (χ0n) is 18.3. The smallest absolute Gasteiger partial charge is 0.275 e. The van der Waals surface area contributed by atoms with Crippen LogP contribution in [0.4, 0.5) is 10.1 Å². The van der Waals surface area contributed by atoms with Gasteiger partial charge in [0, 0.05) is 36.9 Å². The summed E-state index contributed by atoms with van der Waals surface area (Å²) in [5.41, 5.74) is 0.708. The van der Waals surface area contributed by atoms with Crippen molar-refractivity contribution in [3.8, 4) is 0 Å². The molecule has 2 aromatic rings. The molecule has 5 rings (SSSR count). The Hall–Kier alpha value is -2.23. The van der Waals surface area contributed by atoms with E-state index in [1.807, 2.05) is 6.07 Å². The van der Waals surface area contributed by atoms with Crippen molar-refractivity contribution in [3.05, 3.63) is 58.3 Å². The molecule has 0 aliphatic carbocycles. The van der Waals surface area contributed by atoms with Gasteiger partial charge in [0.2, 0.25) is 0 Å². The number of nitrogens with one attached hydrogen (secondary N) is 3. The van der Waals surface area contributed by atoms with Gasteiger partial charge in [-0.15, -0.1) is 0 Å². The summed E-state index contributed by atoms with van der Waals surface area (Å²) in [6.45, 7) is 5.20. The lowest BCUT2D eigenvalue weighted by atomic mass is 9.82. The molecule has 1 unspecified atom stereocenters. The van der Waals surface area contributed by atoms with Crippen molar-refractivity contribution >= 4 is 15.7 Å². The fourth-order valence-corrected chi connectivity index (χ4v) is 6.96. The molecule has 1 aromatic carbocycles.